The highest BCUT2D eigenvalue weighted by Gasteiger charge is 2.23. The van der Waals surface area contributed by atoms with Crippen molar-refractivity contribution in [3.8, 4) is 6.07 Å². The maximum absolute atomic E-state index is 9.09. The van der Waals surface area contributed by atoms with Gasteiger partial charge in [0.05, 0.1) is 23.0 Å². The van der Waals surface area contributed by atoms with Gasteiger partial charge in [-0.2, -0.15) is 5.26 Å². The molecule has 3 N–H and O–H groups in total. The average molecular weight is 217 g/mol. The summed E-state index contributed by atoms with van der Waals surface area (Å²) in [7, 11) is 0. The van der Waals surface area contributed by atoms with Gasteiger partial charge in [-0.25, -0.2) is 0 Å². The molecule has 0 aromatic heterocycles. The van der Waals surface area contributed by atoms with E-state index in [4.69, 9.17) is 16.1 Å². The predicted molar refractivity (Wildman–Crippen MR) is 63.0 cm³/mol. The Kier molecular flexibility index (Phi) is 2.97. The van der Waals surface area contributed by atoms with Crippen LogP contribution in [-0.2, 0) is 0 Å². The summed E-state index contributed by atoms with van der Waals surface area (Å²) in [6.45, 7) is 1.92. The van der Waals surface area contributed by atoms with Gasteiger partial charge in [-0.3, -0.25) is 0 Å². The Morgan fingerprint density at radius 3 is 3.00 bits per heavy atom. The van der Waals surface area contributed by atoms with Gasteiger partial charge in [0, 0.05) is 25.6 Å². The second-order valence-electron chi connectivity index (χ2n) is 4.17. The van der Waals surface area contributed by atoms with Crippen molar-refractivity contribution in [2.24, 2.45) is 5.92 Å². The minimum Gasteiger partial charge on any atom is -0.397 e. The van der Waals surface area contributed by atoms with Crippen molar-refractivity contribution in [2.45, 2.75) is 6.42 Å². The Labute approximate surface area is 94.9 Å². The zero-order chi connectivity index (χ0) is 11.5. The maximum atomic E-state index is 9.09. The molecule has 0 aliphatic carbocycles. The summed E-state index contributed by atoms with van der Waals surface area (Å²) in [5, 5.41) is 17.9. The third-order valence-electron chi connectivity index (χ3n) is 3.04. The summed E-state index contributed by atoms with van der Waals surface area (Å²) in [5.74, 6) is 0.324. The van der Waals surface area contributed by atoms with Crippen molar-refractivity contribution >= 4 is 11.4 Å². The number of benzene rings is 1. The van der Waals surface area contributed by atoms with Crippen LogP contribution in [0.5, 0.6) is 0 Å². The lowest BCUT2D eigenvalue weighted by atomic mass is 10.1. The molecule has 0 saturated carbocycles. The van der Waals surface area contributed by atoms with Gasteiger partial charge >= 0.3 is 0 Å². The molecule has 1 aromatic rings. The van der Waals surface area contributed by atoms with E-state index >= 15 is 0 Å². The van der Waals surface area contributed by atoms with E-state index in [-0.39, 0.29) is 6.61 Å². The standard InChI is InChI=1S/C12H15N3O/c13-6-9-1-2-11(14)12(5-9)15-4-3-10(7-15)8-16/h1-2,5,10,16H,3-4,7-8,14H2. The van der Waals surface area contributed by atoms with Crippen LogP contribution in [0.15, 0.2) is 18.2 Å². The molecule has 1 aromatic carbocycles. The van der Waals surface area contributed by atoms with Crippen LogP contribution in [-0.4, -0.2) is 24.8 Å². The number of rotatable bonds is 2. The van der Waals surface area contributed by atoms with Gasteiger partial charge < -0.3 is 15.7 Å². The van der Waals surface area contributed by atoms with Crippen LogP contribution in [0.25, 0.3) is 0 Å². The summed E-state index contributed by atoms with van der Waals surface area (Å²) in [5.41, 5.74) is 8.12. The first kappa shape index (κ1) is 10.8. The van der Waals surface area contributed by atoms with Gasteiger partial charge in [0.15, 0.2) is 0 Å². The molecular formula is C12H15N3O. The van der Waals surface area contributed by atoms with E-state index in [9.17, 15) is 0 Å². The summed E-state index contributed by atoms with van der Waals surface area (Å²) in [4.78, 5) is 2.14. The monoisotopic (exact) mass is 217 g/mol. The van der Waals surface area contributed by atoms with Crippen LogP contribution in [0, 0.1) is 17.2 Å². The highest BCUT2D eigenvalue weighted by Crippen LogP contribution is 2.29. The SMILES string of the molecule is N#Cc1ccc(N)c(N2CCC(CO)C2)c1. The summed E-state index contributed by atoms with van der Waals surface area (Å²) < 4.78 is 0. The number of anilines is 2. The average Bonchev–Trinajstić information content (AvgIpc) is 2.78. The number of nitrogen functional groups attached to an aromatic ring is 1. The minimum absolute atomic E-state index is 0.217. The van der Waals surface area contributed by atoms with Crippen LogP contribution >= 0.6 is 0 Å². The lowest BCUT2D eigenvalue weighted by Gasteiger charge is -2.20. The van der Waals surface area contributed by atoms with E-state index in [0.717, 1.165) is 25.2 Å². The fourth-order valence-corrected chi connectivity index (χ4v) is 2.09. The zero-order valence-electron chi connectivity index (χ0n) is 9.06. The van der Waals surface area contributed by atoms with Crippen LogP contribution in [0.4, 0.5) is 11.4 Å². The fourth-order valence-electron chi connectivity index (χ4n) is 2.09. The van der Waals surface area contributed by atoms with E-state index < -0.39 is 0 Å². The Bertz CT molecular complexity index is 425. The normalized spacial score (nSPS) is 19.8. The van der Waals surface area contributed by atoms with Crippen molar-refractivity contribution in [1.82, 2.24) is 0 Å². The van der Waals surface area contributed by atoms with Gasteiger partial charge in [-0.15, -0.1) is 0 Å². The minimum atomic E-state index is 0.217. The second kappa shape index (κ2) is 4.42. The number of nitriles is 1. The molecule has 4 nitrogen and oxygen atoms in total. The van der Waals surface area contributed by atoms with Gasteiger partial charge in [0.1, 0.15) is 0 Å². The molecule has 1 heterocycles. The van der Waals surface area contributed by atoms with Crippen LogP contribution in [0.3, 0.4) is 0 Å². The van der Waals surface area contributed by atoms with Crippen molar-refractivity contribution < 1.29 is 5.11 Å². The van der Waals surface area contributed by atoms with Gasteiger partial charge in [0.25, 0.3) is 0 Å². The Morgan fingerprint density at radius 2 is 2.38 bits per heavy atom. The second-order valence-corrected chi connectivity index (χ2v) is 4.17. The smallest absolute Gasteiger partial charge is 0.0992 e. The number of aliphatic hydroxyl groups excluding tert-OH is 1. The molecular weight excluding hydrogens is 202 g/mol. The van der Waals surface area contributed by atoms with Gasteiger partial charge in [-0.1, -0.05) is 0 Å². The van der Waals surface area contributed by atoms with E-state index in [1.165, 1.54) is 0 Å². The number of nitrogens with two attached hydrogens (primary N) is 1. The first-order valence-electron chi connectivity index (χ1n) is 5.40. The molecule has 2 rings (SSSR count). The molecule has 4 heteroatoms. The third kappa shape index (κ3) is 1.95. The number of hydrogen-bond acceptors (Lipinski definition) is 4. The van der Waals surface area contributed by atoms with E-state index in [2.05, 4.69) is 11.0 Å². The number of aliphatic hydroxyl groups is 1. The molecule has 0 radical (unpaired) electrons. The highest BCUT2D eigenvalue weighted by atomic mass is 16.3. The Balaban J connectivity index is 2.24. The Hall–Kier alpha value is -1.73. The molecule has 84 valence electrons. The largest absolute Gasteiger partial charge is 0.397 e. The Morgan fingerprint density at radius 1 is 1.56 bits per heavy atom. The predicted octanol–water partition coefficient (Wildman–Crippen LogP) is 0.959. The summed E-state index contributed by atoms with van der Waals surface area (Å²) >= 11 is 0. The van der Waals surface area contributed by atoms with Crippen molar-refractivity contribution in [1.29, 1.82) is 5.26 Å². The molecule has 16 heavy (non-hydrogen) atoms. The molecule has 1 aliphatic rings. The van der Waals surface area contributed by atoms with Crippen molar-refractivity contribution in [3.05, 3.63) is 23.8 Å². The lowest BCUT2D eigenvalue weighted by Crippen LogP contribution is -2.21. The van der Waals surface area contributed by atoms with E-state index in [1.54, 1.807) is 12.1 Å². The van der Waals surface area contributed by atoms with E-state index in [0.29, 0.717) is 17.2 Å². The van der Waals surface area contributed by atoms with E-state index in [1.807, 2.05) is 6.07 Å². The molecule has 1 fully saturated rings. The van der Waals surface area contributed by atoms with Gasteiger partial charge in [-0.05, 0) is 24.6 Å². The molecule has 1 atom stereocenters. The molecule has 0 spiro atoms. The van der Waals surface area contributed by atoms with Crippen LogP contribution in [0.2, 0.25) is 0 Å². The fraction of sp³-hybridized carbons (Fsp3) is 0.417. The molecule has 0 bridgehead atoms. The quantitative estimate of drug-likeness (QED) is 0.724. The molecule has 1 unspecified atom stereocenters. The maximum Gasteiger partial charge on any atom is 0.0992 e. The van der Waals surface area contributed by atoms with Crippen molar-refractivity contribution in [2.75, 3.05) is 30.3 Å². The molecule has 1 aliphatic heterocycles. The number of nitrogens with zero attached hydrogens (tertiary/aromatic N) is 2. The highest BCUT2D eigenvalue weighted by molar-refractivity contribution is 5.70. The van der Waals surface area contributed by atoms with Crippen LogP contribution < -0.4 is 10.6 Å². The van der Waals surface area contributed by atoms with Crippen molar-refractivity contribution in [3.63, 3.8) is 0 Å². The first-order chi connectivity index (χ1) is 7.74. The zero-order valence-corrected chi connectivity index (χ0v) is 9.06. The summed E-state index contributed by atoms with van der Waals surface area (Å²) in [6, 6.07) is 7.41. The molecule has 1 saturated heterocycles. The third-order valence-corrected chi connectivity index (χ3v) is 3.04. The first-order valence-corrected chi connectivity index (χ1v) is 5.40. The van der Waals surface area contributed by atoms with Gasteiger partial charge in [0.2, 0.25) is 0 Å². The number of hydrogen-bond donors (Lipinski definition) is 2. The van der Waals surface area contributed by atoms with Crippen LogP contribution in [0.1, 0.15) is 12.0 Å². The lowest BCUT2D eigenvalue weighted by molar-refractivity contribution is 0.238. The molecule has 0 amide bonds. The summed E-state index contributed by atoms with van der Waals surface area (Å²) in [6.07, 6.45) is 0.979. The topological polar surface area (TPSA) is 73.3 Å².